The second kappa shape index (κ2) is 5.01. The minimum atomic E-state index is -1.41. The highest BCUT2D eigenvalue weighted by Gasteiger charge is 2.43. The Balaban J connectivity index is 2.66. The summed E-state index contributed by atoms with van der Waals surface area (Å²) < 4.78 is 14.8. The van der Waals surface area contributed by atoms with Crippen LogP contribution >= 0.6 is 0 Å². The van der Waals surface area contributed by atoms with Crippen LogP contribution < -0.4 is 0 Å². The molecule has 0 aromatic heterocycles. The summed E-state index contributed by atoms with van der Waals surface area (Å²) in [5, 5.41) is 28.0. The number of methoxy groups -OCH3 is 2. The van der Waals surface area contributed by atoms with E-state index in [4.69, 9.17) is 14.2 Å². The first-order valence-corrected chi connectivity index (χ1v) is 4.33. The van der Waals surface area contributed by atoms with E-state index in [0.717, 1.165) is 0 Å². The fourth-order valence-corrected chi connectivity index (χ4v) is 1.51. The van der Waals surface area contributed by atoms with Gasteiger partial charge in [-0.05, 0) is 0 Å². The van der Waals surface area contributed by atoms with Crippen LogP contribution in [0.25, 0.3) is 0 Å². The molecule has 0 radical (unpaired) electrons. The van der Waals surface area contributed by atoms with Gasteiger partial charge >= 0.3 is 0 Å². The van der Waals surface area contributed by atoms with Crippen molar-refractivity contribution in [1.29, 1.82) is 0 Å². The number of aliphatic hydroxyl groups excluding tert-OH is 3. The lowest BCUT2D eigenvalue weighted by atomic mass is 9.99. The Labute approximate surface area is 82.0 Å². The lowest BCUT2D eigenvalue weighted by Crippen LogP contribution is -2.59. The molecule has 0 amide bonds. The second-order valence-electron chi connectivity index (χ2n) is 3.20. The van der Waals surface area contributed by atoms with Gasteiger partial charge in [-0.2, -0.15) is 0 Å². The smallest absolute Gasteiger partial charge is 0.184 e. The molecule has 0 spiro atoms. The third-order valence-electron chi connectivity index (χ3n) is 2.26. The molecule has 1 fully saturated rings. The summed E-state index contributed by atoms with van der Waals surface area (Å²) in [6, 6.07) is 0. The molecule has 6 heteroatoms. The first-order chi connectivity index (χ1) is 6.61. The van der Waals surface area contributed by atoms with Crippen LogP contribution in [-0.4, -0.2) is 66.9 Å². The van der Waals surface area contributed by atoms with Crippen LogP contribution in [0.15, 0.2) is 0 Å². The van der Waals surface area contributed by atoms with Crippen LogP contribution in [0.3, 0.4) is 0 Å². The molecule has 0 saturated carbocycles. The molecule has 1 rings (SSSR count). The first kappa shape index (κ1) is 11.8. The summed E-state index contributed by atoms with van der Waals surface area (Å²) in [5.74, 6) is 0. The summed E-state index contributed by atoms with van der Waals surface area (Å²) in [4.78, 5) is 0. The highest BCUT2D eigenvalue weighted by molar-refractivity contribution is 4.89. The molecule has 3 N–H and O–H groups in total. The zero-order valence-corrected chi connectivity index (χ0v) is 8.16. The first-order valence-electron chi connectivity index (χ1n) is 4.33. The zero-order chi connectivity index (χ0) is 10.7. The third kappa shape index (κ3) is 2.22. The van der Waals surface area contributed by atoms with Gasteiger partial charge in [-0.1, -0.05) is 0 Å². The fourth-order valence-electron chi connectivity index (χ4n) is 1.51. The number of rotatable bonds is 3. The Kier molecular flexibility index (Phi) is 4.24. The molecule has 0 unspecified atom stereocenters. The molecule has 5 atom stereocenters. The molecular formula is C8H16O6. The van der Waals surface area contributed by atoms with E-state index in [1.165, 1.54) is 14.2 Å². The number of hydrogen-bond acceptors (Lipinski definition) is 6. The number of aliphatic hydroxyl groups is 3. The molecule has 0 aromatic rings. The topological polar surface area (TPSA) is 88.4 Å². The molecule has 1 aliphatic heterocycles. The summed E-state index contributed by atoms with van der Waals surface area (Å²) in [5.41, 5.74) is 0. The van der Waals surface area contributed by atoms with Crippen LogP contribution in [0.2, 0.25) is 0 Å². The van der Waals surface area contributed by atoms with Crippen molar-refractivity contribution in [2.75, 3.05) is 20.8 Å². The van der Waals surface area contributed by atoms with Crippen molar-refractivity contribution in [2.45, 2.75) is 30.7 Å². The zero-order valence-electron chi connectivity index (χ0n) is 8.16. The third-order valence-corrected chi connectivity index (χ3v) is 2.26. The van der Waals surface area contributed by atoms with Gasteiger partial charge in [0.25, 0.3) is 0 Å². The Morgan fingerprint density at radius 2 is 1.79 bits per heavy atom. The average Bonchev–Trinajstić information content (AvgIpc) is 2.16. The quantitative estimate of drug-likeness (QED) is 0.501. The van der Waals surface area contributed by atoms with Crippen molar-refractivity contribution in [2.24, 2.45) is 0 Å². The van der Waals surface area contributed by atoms with Crippen molar-refractivity contribution in [1.82, 2.24) is 0 Å². The summed E-state index contributed by atoms with van der Waals surface area (Å²) in [6.45, 7) is 0.180. The predicted molar refractivity (Wildman–Crippen MR) is 45.6 cm³/mol. The summed E-state index contributed by atoms with van der Waals surface area (Å²) >= 11 is 0. The van der Waals surface area contributed by atoms with Crippen LogP contribution in [0.4, 0.5) is 0 Å². The van der Waals surface area contributed by atoms with Crippen LogP contribution in [0, 0.1) is 0 Å². The van der Waals surface area contributed by atoms with Gasteiger partial charge in [0.05, 0.1) is 6.61 Å². The monoisotopic (exact) mass is 208 g/mol. The largest absolute Gasteiger partial charge is 0.387 e. The molecule has 1 heterocycles. The lowest BCUT2D eigenvalue weighted by Gasteiger charge is -2.39. The van der Waals surface area contributed by atoms with Crippen molar-refractivity contribution >= 4 is 0 Å². The maximum Gasteiger partial charge on any atom is 0.184 e. The predicted octanol–water partition coefficient (Wildman–Crippen LogP) is -1.91. The second-order valence-corrected chi connectivity index (χ2v) is 3.20. The summed E-state index contributed by atoms with van der Waals surface area (Å²) in [7, 11) is 2.87. The molecule has 1 aliphatic rings. The average molecular weight is 208 g/mol. The molecule has 0 aromatic carbocycles. The summed E-state index contributed by atoms with van der Waals surface area (Å²) in [6.07, 6.45) is -5.22. The van der Waals surface area contributed by atoms with Gasteiger partial charge in [0, 0.05) is 14.2 Å². The van der Waals surface area contributed by atoms with Gasteiger partial charge in [0.15, 0.2) is 6.29 Å². The van der Waals surface area contributed by atoms with E-state index in [2.05, 4.69) is 0 Å². The van der Waals surface area contributed by atoms with Gasteiger partial charge in [0.2, 0.25) is 0 Å². The Morgan fingerprint density at radius 1 is 1.14 bits per heavy atom. The molecule has 1 saturated heterocycles. The molecule has 0 aliphatic carbocycles. The standard InChI is InChI=1S/C8H16O6/c1-12-3-4-7(13-2)5(9)6(10)8(11)14-4/h4-11H,3H2,1-2H3/t4-,5-,6-,7-,8-/m1/s1. The van der Waals surface area contributed by atoms with Gasteiger partial charge in [-0.25, -0.2) is 0 Å². The molecule has 0 bridgehead atoms. The van der Waals surface area contributed by atoms with Crippen LogP contribution in [0.1, 0.15) is 0 Å². The SMILES string of the molecule is COC[C@H]1O[C@@H](O)[C@H](O)[C@@H](O)[C@@H]1OC. The van der Waals surface area contributed by atoms with Crippen LogP contribution in [0.5, 0.6) is 0 Å². The number of ether oxygens (including phenoxy) is 3. The highest BCUT2D eigenvalue weighted by Crippen LogP contribution is 2.21. The number of hydrogen-bond donors (Lipinski definition) is 3. The fraction of sp³-hybridized carbons (Fsp3) is 1.00. The van der Waals surface area contributed by atoms with E-state index in [9.17, 15) is 15.3 Å². The minimum Gasteiger partial charge on any atom is -0.387 e. The van der Waals surface area contributed by atoms with E-state index < -0.39 is 30.7 Å². The van der Waals surface area contributed by atoms with Crippen molar-refractivity contribution in [3.63, 3.8) is 0 Å². The maximum atomic E-state index is 9.53. The molecule has 84 valence electrons. The van der Waals surface area contributed by atoms with Crippen molar-refractivity contribution < 1.29 is 29.5 Å². The van der Waals surface area contributed by atoms with Crippen molar-refractivity contribution in [3.05, 3.63) is 0 Å². The molecule has 6 nitrogen and oxygen atoms in total. The molecular weight excluding hydrogens is 192 g/mol. The van der Waals surface area contributed by atoms with Gasteiger partial charge in [-0.3, -0.25) is 0 Å². The molecule has 14 heavy (non-hydrogen) atoms. The minimum absolute atomic E-state index is 0.180. The normalized spacial score (nSPS) is 43.9. The Hall–Kier alpha value is -0.240. The Morgan fingerprint density at radius 3 is 2.29 bits per heavy atom. The van der Waals surface area contributed by atoms with Gasteiger partial charge < -0.3 is 29.5 Å². The highest BCUT2D eigenvalue weighted by atomic mass is 16.7. The van der Waals surface area contributed by atoms with E-state index in [0.29, 0.717) is 0 Å². The van der Waals surface area contributed by atoms with Crippen LogP contribution in [-0.2, 0) is 14.2 Å². The Bertz CT molecular complexity index is 175. The van der Waals surface area contributed by atoms with Gasteiger partial charge in [0.1, 0.15) is 24.4 Å². The van der Waals surface area contributed by atoms with Crippen molar-refractivity contribution in [3.8, 4) is 0 Å². The van der Waals surface area contributed by atoms with E-state index >= 15 is 0 Å². The van der Waals surface area contributed by atoms with Gasteiger partial charge in [-0.15, -0.1) is 0 Å². The maximum absolute atomic E-state index is 9.53. The van der Waals surface area contributed by atoms with E-state index in [-0.39, 0.29) is 6.61 Å². The van der Waals surface area contributed by atoms with E-state index in [1.807, 2.05) is 0 Å². The lowest BCUT2D eigenvalue weighted by molar-refractivity contribution is -0.291. The van der Waals surface area contributed by atoms with E-state index in [1.54, 1.807) is 0 Å².